The molecule has 2 saturated heterocycles. The first kappa shape index (κ1) is 16.4. The Labute approximate surface area is 136 Å². The molecule has 0 aliphatic carbocycles. The van der Waals surface area contributed by atoms with E-state index in [4.69, 9.17) is 4.74 Å². The molecule has 2 heterocycles. The van der Waals surface area contributed by atoms with Gasteiger partial charge in [0.1, 0.15) is 11.9 Å². The van der Waals surface area contributed by atoms with Crippen LogP contribution >= 0.6 is 0 Å². The molecule has 23 heavy (non-hydrogen) atoms. The second-order valence-corrected chi connectivity index (χ2v) is 6.00. The van der Waals surface area contributed by atoms with Crippen molar-refractivity contribution in [2.45, 2.75) is 12.5 Å². The van der Waals surface area contributed by atoms with Gasteiger partial charge in [-0.2, -0.15) is 0 Å². The van der Waals surface area contributed by atoms with Crippen LogP contribution in [0.1, 0.15) is 18.0 Å². The highest BCUT2D eigenvalue weighted by Crippen LogP contribution is 2.26. The maximum Gasteiger partial charge on any atom is 0.244 e. The molecule has 2 fully saturated rings. The first-order chi connectivity index (χ1) is 11.3. The van der Waals surface area contributed by atoms with Crippen molar-refractivity contribution in [3.8, 4) is 0 Å². The molecule has 0 spiro atoms. The molecule has 1 atom stereocenters. The zero-order chi connectivity index (χ0) is 16.1. The maximum absolute atomic E-state index is 14.4. The van der Waals surface area contributed by atoms with Crippen LogP contribution in [0.3, 0.4) is 0 Å². The zero-order valence-electron chi connectivity index (χ0n) is 13.3. The monoisotopic (exact) mass is 321 g/mol. The average Bonchev–Trinajstić information content (AvgIpc) is 2.87. The van der Waals surface area contributed by atoms with E-state index in [1.807, 2.05) is 9.80 Å². The first-order valence-electron chi connectivity index (χ1n) is 8.33. The Balaban J connectivity index is 1.87. The van der Waals surface area contributed by atoms with Gasteiger partial charge in [-0.1, -0.05) is 18.2 Å². The fraction of sp³-hybridized carbons (Fsp3) is 0.588. The van der Waals surface area contributed by atoms with E-state index < -0.39 is 6.04 Å². The van der Waals surface area contributed by atoms with Crippen molar-refractivity contribution in [1.29, 1.82) is 0 Å². The fourth-order valence-electron chi connectivity index (χ4n) is 3.26. The van der Waals surface area contributed by atoms with E-state index in [9.17, 15) is 9.18 Å². The van der Waals surface area contributed by atoms with Crippen molar-refractivity contribution in [2.75, 3.05) is 52.5 Å². The number of ether oxygens (including phenoxy) is 1. The summed E-state index contributed by atoms with van der Waals surface area (Å²) in [5, 5.41) is 3.30. The number of halogens is 1. The lowest BCUT2D eigenvalue weighted by atomic mass is 10.0. The molecule has 5 nitrogen and oxygen atoms in total. The van der Waals surface area contributed by atoms with Crippen LogP contribution in [0.4, 0.5) is 4.39 Å². The number of rotatable bonds is 3. The molecule has 126 valence electrons. The molecular formula is C17H24FN3O2. The second kappa shape index (κ2) is 7.86. The van der Waals surface area contributed by atoms with Gasteiger partial charge in [-0.15, -0.1) is 0 Å². The third-order valence-corrected chi connectivity index (χ3v) is 4.50. The van der Waals surface area contributed by atoms with Gasteiger partial charge in [0.15, 0.2) is 0 Å². The van der Waals surface area contributed by atoms with Crippen molar-refractivity contribution in [3.63, 3.8) is 0 Å². The van der Waals surface area contributed by atoms with Crippen LogP contribution in [-0.4, -0.2) is 68.2 Å². The smallest absolute Gasteiger partial charge is 0.244 e. The molecule has 2 aliphatic heterocycles. The van der Waals surface area contributed by atoms with Crippen molar-refractivity contribution >= 4 is 5.91 Å². The first-order valence-corrected chi connectivity index (χ1v) is 8.33. The standard InChI is InChI=1S/C17H24FN3O2/c18-15-5-2-1-4-14(15)16(20-10-12-23-13-11-20)17(22)21-8-3-6-19-7-9-21/h1-2,4-5,16,19H,3,6-13H2. The molecule has 1 amide bonds. The summed E-state index contributed by atoms with van der Waals surface area (Å²) < 4.78 is 19.8. The number of morpholine rings is 1. The molecule has 0 radical (unpaired) electrons. The number of amides is 1. The van der Waals surface area contributed by atoms with E-state index in [-0.39, 0.29) is 11.7 Å². The summed E-state index contributed by atoms with van der Waals surface area (Å²) >= 11 is 0. The van der Waals surface area contributed by atoms with Crippen LogP contribution in [0.5, 0.6) is 0 Å². The Bertz CT molecular complexity index is 526. The van der Waals surface area contributed by atoms with Crippen LogP contribution in [0, 0.1) is 5.82 Å². The summed E-state index contributed by atoms with van der Waals surface area (Å²) in [5.74, 6) is -0.314. The quantitative estimate of drug-likeness (QED) is 0.903. The zero-order valence-corrected chi connectivity index (χ0v) is 13.3. The Hall–Kier alpha value is -1.50. The summed E-state index contributed by atoms with van der Waals surface area (Å²) in [6.07, 6.45) is 0.929. The van der Waals surface area contributed by atoms with Gasteiger partial charge in [0.25, 0.3) is 0 Å². The second-order valence-electron chi connectivity index (χ2n) is 6.00. The molecule has 1 aromatic carbocycles. The van der Waals surface area contributed by atoms with Crippen molar-refractivity contribution < 1.29 is 13.9 Å². The van der Waals surface area contributed by atoms with Crippen LogP contribution in [0.25, 0.3) is 0 Å². The molecule has 0 aromatic heterocycles. The van der Waals surface area contributed by atoms with Crippen molar-refractivity contribution in [1.82, 2.24) is 15.1 Å². The van der Waals surface area contributed by atoms with Crippen molar-refractivity contribution in [2.24, 2.45) is 0 Å². The highest BCUT2D eigenvalue weighted by molar-refractivity contribution is 5.83. The predicted molar refractivity (Wildman–Crippen MR) is 85.6 cm³/mol. The molecule has 3 rings (SSSR count). The third-order valence-electron chi connectivity index (χ3n) is 4.50. The molecule has 1 aromatic rings. The minimum Gasteiger partial charge on any atom is -0.379 e. The van der Waals surface area contributed by atoms with Crippen LogP contribution < -0.4 is 5.32 Å². The minimum atomic E-state index is -0.557. The number of nitrogens with one attached hydrogen (secondary N) is 1. The number of hydrogen-bond acceptors (Lipinski definition) is 4. The Morgan fingerprint density at radius 2 is 1.91 bits per heavy atom. The van der Waals surface area contributed by atoms with Crippen LogP contribution in [0.15, 0.2) is 24.3 Å². The lowest BCUT2D eigenvalue weighted by Gasteiger charge is -2.36. The van der Waals surface area contributed by atoms with Gasteiger partial charge < -0.3 is 15.0 Å². The SMILES string of the molecule is O=C(C(c1ccccc1F)N1CCOCC1)N1CCCNCC1. The lowest BCUT2D eigenvalue weighted by Crippen LogP contribution is -2.48. The Morgan fingerprint density at radius 1 is 1.13 bits per heavy atom. The summed E-state index contributed by atoms with van der Waals surface area (Å²) in [7, 11) is 0. The molecule has 6 heteroatoms. The van der Waals surface area contributed by atoms with Crippen LogP contribution in [0.2, 0.25) is 0 Å². The molecule has 2 aliphatic rings. The lowest BCUT2D eigenvalue weighted by molar-refractivity contribution is -0.139. The third kappa shape index (κ3) is 3.88. The Kier molecular flexibility index (Phi) is 5.59. The summed E-state index contributed by atoms with van der Waals surface area (Å²) in [6.45, 7) is 5.58. The highest BCUT2D eigenvalue weighted by atomic mass is 19.1. The topological polar surface area (TPSA) is 44.8 Å². The molecule has 0 bridgehead atoms. The summed E-state index contributed by atoms with van der Waals surface area (Å²) in [4.78, 5) is 17.1. The average molecular weight is 321 g/mol. The largest absolute Gasteiger partial charge is 0.379 e. The predicted octanol–water partition coefficient (Wildman–Crippen LogP) is 1.02. The Morgan fingerprint density at radius 3 is 2.70 bits per heavy atom. The van der Waals surface area contributed by atoms with Gasteiger partial charge in [-0.05, 0) is 19.0 Å². The minimum absolute atomic E-state index is 0.000648. The number of carbonyl (C=O) groups excluding carboxylic acids is 1. The van der Waals surface area contributed by atoms with Gasteiger partial charge in [0.2, 0.25) is 5.91 Å². The fourth-order valence-corrected chi connectivity index (χ4v) is 3.26. The summed E-state index contributed by atoms with van der Waals surface area (Å²) in [6, 6.07) is 6.06. The van der Waals surface area contributed by atoms with E-state index in [0.29, 0.717) is 38.4 Å². The van der Waals surface area contributed by atoms with Gasteiger partial charge in [0.05, 0.1) is 13.2 Å². The maximum atomic E-state index is 14.4. The number of nitrogens with zero attached hydrogens (tertiary/aromatic N) is 2. The van der Waals surface area contributed by atoms with E-state index in [1.54, 1.807) is 18.2 Å². The van der Waals surface area contributed by atoms with E-state index in [2.05, 4.69) is 5.32 Å². The van der Waals surface area contributed by atoms with E-state index in [1.165, 1.54) is 6.07 Å². The molecule has 1 unspecified atom stereocenters. The van der Waals surface area contributed by atoms with E-state index >= 15 is 0 Å². The number of carbonyl (C=O) groups is 1. The highest BCUT2D eigenvalue weighted by Gasteiger charge is 2.34. The molecule has 0 saturated carbocycles. The van der Waals surface area contributed by atoms with Gasteiger partial charge in [-0.25, -0.2) is 4.39 Å². The van der Waals surface area contributed by atoms with Gasteiger partial charge in [0, 0.05) is 38.3 Å². The van der Waals surface area contributed by atoms with Crippen molar-refractivity contribution in [3.05, 3.63) is 35.6 Å². The molecule has 1 N–H and O–H groups in total. The number of hydrogen-bond donors (Lipinski definition) is 1. The molecular weight excluding hydrogens is 297 g/mol. The summed E-state index contributed by atoms with van der Waals surface area (Å²) in [5.41, 5.74) is 0.469. The van der Waals surface area contributed by atoms with Gasteiger partial charge in [-0.3, -0.25) is 9.69 Å². The van der Waals surface area contributed by atoms with Crippen LogP contribution in [-0.2, 0) is 9.53 Å². The number of benzene rings is 1. The van der Waals surface area contributed by atoms with Gasteiger partial charge >= 0.3 is 0 Å². The van der Waals surface area contributed by atoms with E-state index in [0.717, 1.165) is 26.1 Å². The normalized spacial score (nSPS) is 21.7.